The van der Waals surface area contributed by atoms with Gasteiger partial charge in [-0.15, -0.1) is 0 Å². The third-order valence-corrected chi connectivity index (χ3v) is 7.48. The molecule has 1 aromatic heterocycles. The van der Waals surface area contributed by atoms with Crippen molar-refractivity contribution in [3.63, 3.8) is 0 Å². The molecule has 0 radical (unpaired) electrons. The van der Waals surface area contributed by atoms with Gasteiger partial charge in [0.05, 0.1) is 23.9 Å². The molecule has 0 spiro atoms. The van der Waals surface area contributed by atoms with Gasteiger partial charge in [0, 0.05) is 46.4 Å². The Labute approximate surface area is 216 Å². The van der Waals surface area contributed by atoms with Gasteiger partial charge >= 0.3 is 0 Å². The van der Waals surface area contributed by atoms with Crippen LogP contribution in [0.1, 0.15) is 28.4 Å². The standard InChI is InChI=1S/C27H21F5N3O2P/c1-12-33-23-20(34(12)2)10-17(27(31,32)38)21-15-5-3-4-14-16(11-35(24(14)15)6-7-37-26(21)23)25(36)13-8-18(28)22(30)19(29)9-13/h3-5,8-12,33H,6-7,38H2,1-2H3. The number of para-hydroxylation sites is 1. The Morgan fingerprint density at radius 1 is 1.16 bits per heavy atom. The van der Waals surface area contributed by atoms with E-state index in [2.05, 4.69) is 5.32 Å². The molecular formula is C27H21F5N3O2P. The van der Waals surface area contributed by atoms with Crippen LogP contribution in [0.3, 0.4) is 0 Å². The molecule has 2 aliphatic rings. The van der Waals surface area contributed by atoms with Gasteiger partial charge in [-0.1, -0.05) is 27.4 Å². The quantitative estimate of drug-likeness (QED) is 0.139. The summed E-state index contributed by atoms with van der Waals surface area (Å²) < 4.78 is 79.3. The van der Waals surface area contributed by atoms with Crippen molar-refractivity contribution in [1.82, 2.24) is 4.57 Å². The molecule has 11 heteroatoms. The van der Waals surface area contributed by atoms with E-state index in [1.54, 1.807) is 39.1 Å². The molecule has 0 bridgehead atoms. The van der Waals surface area contributed by atoms with Crippen molar-refractivity contribution in [2.45, 2.75) is 25.3 Å². The molecule has 1 N–H and O–H groups in total. The van der Waals surface area contributed by atoms with E-state index in [0.29, 0.717) is 40.0 Å². The molecule has 4 aromatic rings. The van der Waals surface area contributed by atoms with Gasteiger partial charge in [-0.2, -0.15) is 8.78 Å². The first-order valence-electron chi connectivity index (χ1n) is 11.8. The summed E-state index contributed by atoms with van der Waals surface area (Å²) in [4.78, 5) is 15.2. The van der Waals surface area contributed by atoms with Gasteiger partial charge < -0.3 is 19.5 Å². The maximum absolute atomic E-state index is 15.1. The first-order chi connectivity index (χ1) is 18.0. The molecule has 3 heterocycles. The molecule has 2 atom stereocenters. The van der Waals surface area contributed by atoms with Crippen LogP contribution in [-0.4, -0.2) is 30.2 Å². The topological polar surface area (TPSA) is 46.5 Å². The highest BCUT2D eigenvalue weighted by atomic mass is 31.0. The van der Waals surface area contributed by atoms with E-state index in [0.717, 1.165) is 0 Å². The van der Waals surface area contributed by atoms with Crippen molar-refractivity contribution < 1.29 is 31.5 Å². The lowest BCUT2D eigenvalue weighted by Gasteiger charge is -2.26. The molecule has 0 saturated carbocycles. The molecule has 0 fully saturated rings. The van der Waals surface area contributed by atoms with Gasteiger partial charge in [-0.3, -0.25) is 4.79 Å². The molecule has 196 valence electrons. The average Bonchev–Trinajstić information content (AvgIpc) is 3.36. The summed E-state index contributed by atoms with van der Waals surface area (Å²) in [5, 5.41) is 3.71. The predicted molar refractivity (Wildman–Crippen MR) is 138 cm³/mol. The van der Waals surface area contributed by atoms with E-state index in [9.17, 15) is 18.0 Å². The minimum Gasteiger partial charge on any atom is -0.489 e. The Morgan fingerprint density at radius 3 is 2.55 bits per heavy atom. The van der Waals surface area contributed by atoms with Gasteiger partial charge in [0.1, 0.15) is 12.3 Å². The van der Waals surface area contributed by atoms with Gasteiger partial charge in [0.25, 0.3) is 5.66 Å². The minimum atomic E-state index is -3.31. The number of rotatable bonds is 3. The van der Waals surface area contributed by atoms with E-state index in [4.69, 9.17) is 4.74 Å². The van der Waals surface area contributed by atoms with Crippen LogP contribution in [-0.2, 0) is 12.2 Å². The Kier molecular flexibility index (Phi) is 5.47. The van der Waals surface area contributed by atoms with Crippen LogP contribution in [0.25, 0.3) is 22.0 Å². The number of fused-ring (bicyclic) bond motifs is 4. The van der Waals surface area contributed by atoms with Crippen molar-refractivity contribution in [2.75, 3.05) is 23.9 Å². The van der Waals surface area contributed by atoms with Crippen LogP contribution >= 0.6 is 9.24 Å². The molecule has 0 amide bonds. The fourth-order valence-corrected chi connectivity index (χ4v) is 5.49. The Bertz CT molecular complexity index is 1640. The number of ketones is 1. The van der Waals surface area contributed by atoms with Crippen LogP contribution in [0, 0.1) is 17.5 Å². The number of hydrogen-bond acceptors (Lipinski definition) is 4. The first kappa shape index (κ1) is 24.7. The Hall–Kier alpha value is -3.65. The summed E-state index contributed by atoms with van der Waals surface area (Å²) in [6.07, 6.45) is 1.35. The van der Waals surface area contributed by atoms with Gasteiger partial charge in [-0.05, 0) is 25.1 Å². The van der Waals surface area contributed by atoms with Gasteiger partial charge in [-0.25, -0.2) is 13.2 Å². The summed E-state index contributed by atoms with van der Waals surface area (Å²) in [5.41, 5.74) is -1.58. The van der Waals surface area contributed by atoms with E-state index in [-0.39, 0.29) is 47.3 Å². The zero-order chi connectivity index (χ0) is 27.1. The van der Waals surface area contributed by atoms with Crippen LogP contribution in [0.4, 0.5) is 33.3 Å². The summed E-state index contributed by atoms with van der Waals surface area (Å²) in [5.74, 6) is -5.08. The molecule has 3 aromatic carbocycles. The highest BCUT2D eigenvalue weighted by Gasteiger charge is 2.38. The molecule has 0 aliphatic carbocycles. The number of carbonyl (C=O) groups is 1. The van der Waals surface area contributed by atoms with E-state index in [1.165, 1.54) is 12.3 Å². The summed E-state index contributed by atoms with van der Waals surface area (Å²) in [7, 11) is 3.38. The molecule has 38 heavy (non-hydrogen) atoms. The number of aromatic nitrogens is 1. The van der Waals surface area contributed by atoms with E-state index >= 15 is 8.78 Å². The van der Waals surface area contributed by atoms with Gasteiger partial charge in [0.15, 0.2) is 29.0 Å². The zero-order valence-electron chi connectivity index (χ0n) is 20.2. The van der Waals surface area contributed by atoms with Crippen molar-refractivity contribution in [3.8, 4) is 16.9 Å². The highest BCUT2D eigenvalue weighted by Crippen LogP contribution is 2.55. The summed E-state index contributed by atoms with van der Waals surface area (Å²) in [6.45, 7) is 2.28. The predicted octanol–water partition coefficient (Wildman–Crippen LogP) is 6.48. The second-order valence-corrected chi connectivity index (χ2v) is 10.2. The van der Waals surface area contributed by atoms with Crippen LogP contribution < -0.4 is 15.0 Å². The van der Waals surface area contributed by atoms with Crippen LogP contribution in [0.5, 0.6) is 5.75 Å². The largest absolute Gasteiger partial charge is 0.489 e. The monoisotopic (exact) mass is 545 g/mol. The Balaban J connectivity index is 1.63. The zero-order valence-corrected chi connectivity index (χ0v) is 21.4. The number of anilines is 2. The first-order valence-corrected chi connectivity index (χ1v) is 12.4. The summed E-state index contributed by atoms with van der Waals surface area (Å²) >= 11 is 0. The number of ether oxygens (including phenoxy) is 1. The fraction of sp³-hybridized carbons (Fsp3) is 0.222. The molecule has 6 rings (SSSR count). The molecule has 2 unspecified atom stereocenters. The normalized spacial score (nSPS) is 16.4. The number of nitrogens with zero attached hydrogens (tertiary/aromatic N) is 2. The number of hydrogen-bond donors (Lipinski definition) is 1. The van der Waals surface area contributed by atoms with E-state index in [1.807, 2.05) is 11.8 Å². The number of benzene rings is 3. The fourth-order valence-electron chi connectivity index (χ4n) is 5.26. The van der Waals surface area contributed by atoms with Crippen molar-refractivity contribution in [2.24, 2.45) is 0 Å². The molecule has 0 saturated heterocycles. The summed E-state index contributed by atoms with van der Waals surface area (Å²) in [6, 6.07) is 7.65. The molecule has 5 nitrogen and oxygen atoms in total. The van der Waals surface area contributed by atoms with Gasteiger partial charge in [0.2, 0.25) is 0 Å². The number of alkyl halides is 2. The molecule has 2 aliphatic heterocycles. The lowest BCUT2D eigenvalue weighted by molar-refractivity contribution is 0.103. The smallest absolute Gasteiger partial charge is 0.284 e. The Morgan fingerprint density at radius 2 is 1.87 bits per heavy atom. The SMILES string of the molecule is CC1Nc2c(cc(C(F)(F)P)c3c2OCCn2cc(C(=O)c4cc(F)c(F)c(F)c4)c4cccc-3c42)N1C. The lowest BCUT2D eigenvalue weighted by Crippen LogP contribution is -2.28. The van der Waals surface area contributed by atoms with Crippen molar-refractivity contribution in [3.05, 3.63) is 76.7 Å². The number of carbonyl (C=O) groups excluding carboxylic acids is 1. The maximum atomic E-state index is 15.1. The maximum Gasteiger partial charge on any atom is 0.284 e. The minimum absolute atomic E-state index is 0.0996. The molecular weight excluding hydrogens is 524 g/mol. The lowest BCUT2D eigenvalue weighted by atomic mass is 9.93. The third kappa shape index (κ3) is 3.57. The second kappa shape index (κ2) is 8.43. The second-order valence-electron chi connectivity index (χ2n) is 9.45. The third-order valence-electron chi connectivity index (χ3n) is 7.17. The van der Waals surface area contributed by atoms with Crippen LogP contribution in [0.2, 0.25) is 0 Å². The van der Waals surface area contributed by atoms with Crippen molar-refractivity contribution >= 4 is 37.3 Å². The average molecular weight is 545 g/mol. The van der Waals surface area contributed by atoms with E-state index < -0.39 is 28.9 Å². The van der Waals surface area contributed by atoms with Crippen LogP contribution in [0.15, 0.2) is 42.6 Å². The number of nitrogens with one attached hydrogen (secondary N) is 1. The van der Waals surface area contributed by atoms with Crippen molar-refractivity contribution in [1.29, 1.82) is 0 Å². The highest BCUT2D eigenvalue weighted by molar-refractivity contribution is 7.17. The number of halogens is 5.